The lowest BCUT2D eigenvalue weighted by Crippen LogP contribution is -2.46. The van der Waals surface area contributed by atoms with Gasteiger partial charge in [0, 0.05) is 32.2 Å². The number of carbonyl (C=O) groups is 1. The highest BCUT2D eigenvalue weighted by Gasteiger charge is 2.27. The van der Waals surface area contributed by atoms with Gasteiger partial charge in [0.05, 0.1) is 6.42 Å². The lowest BCUT2D eigenvalue weighted by atomic mass is 9.92. The van der Waals surface area contributed by atoms with E-state index in [-0.39, 0.29) is 12.5 Å². The molecular formula is C16H24N2O2. The zero-order chi connectivity index (χ0) is 14.7. The zero-order valence-corrected chi connectivity index (χ0v) is 12.6. The third kappa shape index (κ3) is 3.38. The molecule has 1 atom stereocenters. The van der Waals surface area contributed by atoms with E-state index in [9.17, 15) is 9.90 Å². The molecule has 1 aliphatic heterocycles. The first-order valence-corrected chi connectivity index (χ1v) is 7.19. The summed E-state index contributed by atoms with van der Waals surface area (Å²) in [6.45, 7) is 8.02. The summed E-state index contributed by atoms with van der Waals surface area (Å²) in [7, 11) is 2.11. The molecule has 20 heavy (non-hydrogen) atoms. The van der Waals surface area contributed by atoms with Crippen LogP contribution in [0.1, 0.15) is 29.2 Å². The van der Waals surface area contributed by atoms with Gasteiger partial charge in [0.2, 0.25) is 0 Å². The number of likely N-dealkylation sites (N-methyl/N-ethyl adjacent to an activating group) is 1. The number of aliphatic carboxylic acids is 1. The molecule has 1 aliphatic rings. The van der Waals surface area contributed by atoms with Crippen LogP contribution in [0.3, 0.4) is 0 Å². The molecule has 0 aliphatic carbocycles. The minimum atomic E-state index is -0.725. The number of benzene rings is 1. The number of hydrogen-bond donors (Lipinski definition) is 1. The summed E-state index contributed by atoms with van der Waals surface area (Å²) in [5, 5.41) is 9.27. The third-order valence-electron chi connectivity index (χ3n) is 4.22. The monoisotopic (exact) mass is 276 g/mol. The van der Waals surface area contributed by atoms with Crippen molar-refractivity contribution in [2.75, 3.05) is 33.2 Å². The number of nitrogens with zero attached hydrogens (tertiary/aromatic N) is 2. The molecule has 4 heteroatoms. The fourth-order valence-electron chi connectivity index (χ4n) is 3.07. The maximum Gasteiger partial charge on any atom is 0.305 e. The molecule has 2 rings (SSSR count). The summed E-state index contributed by atoms with van der Waals surface area (Å²) in [6.07, 6.45) is 0.176. The quantitative estimate of drug-likeness (QED) is 0.914. The van der Waals surface area contributed by atoms with Crippen molar-refractivity contribution >= 4 is 5.97 Å². The Labute approximate surface area is 121 Å². The van der Waals surface area contributed by atoms with Crippen LogP contribution in [-0.4, -0.2) is 54.1 Å². The summed E-state index contributed by atoms with van der Waals surface area (Å²) < 4.78 is 0. The minimum Gasteiger partial charge on any atom is -0.481 e. The lowest BCUT2D eigenvalue weighted by molar-refractivity contribution is -0.138. The summed E-state index contributed by atoms with van der Waals surface area (Å²) in [4.78, 5) is 15.9. The third-order valence-corrected chi connectivity index (χ3v) is 4.22. The van der Waals surface area contributed by atoms with Crippen molar-refractivity contribution in [3.05, 3.63) is 34.9 Å². The van der Waals surface area contributed by atoms with Crippen molar-refractivity contribution < 1.29 is 9.90 Å². The van der Waals surface area contributed by atoms with Gasteiger partial charge in [-0.2, -0.15) is 0 Å². The Morgan fingerprint density at radius 2 is 1.75 bits per heavy atom. The first-order valence-electron chi connectivity index (χ1n) is 7.19. The summed E-state index contributed by atoms with van der Waals surface area (Å²) in [5.41, 5.74) is 3.57. The smallest absolute Gasteiger partial charge is 0.305 e. The molecule has 0 aromatic heterocycles. The summed E-state index contributed by atoms with van der Waals surface area (Å²) in [5.74, 6) is -0.725. The Kier molecular flexibility index (Phi) is 4.78. The Morgan fingerprint density at radius 1 is 1.20 bits per heavy atom. The van der Waals surface area contributed by atoms with Crippen molar-refractivity contribution in [2.45, 2.75) is 26.3 Å². The number of aryl methyl sites for hydroxylation is 2. The molecular weight excluding hydrogens is 252 g/mol. The molecule has 1 unspecified atom stereocenters. The van der Waals surface area contributed by atoms with Gasteiger partial charge in [0.1, 0.15) is 0 Å². The van der Waals surface area contributed by atoms with Crippen LogP contribution in [0.4, 0.5) is 0 Å². The number of carboxylic acids is 1. The largest absolute Gasteiger partial charge is 0.481 e. The first-order chi connectivity index (χ1) is 9.49. The molecule has 1 aromatic rings. The van der Waals surface area contributed by atoms with Crippen molar-refractivity contribution in [1.29, 1.82) is 0 Å². The number of rotatable bonds is 4. The van der Waals surface area contributed by atoms with Crippen molar-refractivity contribution in [3.63, 3.8) is 0 Å². The van der Waals surface area contributed by atoms with E-state index in [4.69, 9.17) is 0 Å². The molecule has 0 amide bonds. The average molecular weight is 276 g/mol. The Morgan fingerprint density at radius 3 is 2.25 bits per heavy atom. The van der Waals surface area contributed by atoms with Crippen LogP contribution in [-0.2, 0) is 4.79 Å². The normalized spacial score (nSPS) is 18.9. The molecule has 1 N–H and O–H groups in total. The highest BCUT2D eigenvalue weighted by molar-refractivity contribution is 5.68. The molecule has 1 heterocycles. The van der Waals surface area contributed by atoms with Crippen LogP contribution in [0.5, 0.6) is 0 Å². The van der Waals surface area contributed by atoms with Gasteiger partial charge < -0.3 is 10.0 Å². The van der Waals surface area contributed by atoms with Gasteiger partial charge in [-0.05, 0) is 37.6 Å². The van der Waals surface area contributed by atoms with Crippen LogP contribution in [0.25, 0.3) is 0 Å². The zero-order valence-electron chi connectivity index (χ0n) is 12.6. The van der Waals surface area contributed by atoms with Crippen molar-refractivity contribution in [2.24, 2.45) is 0 Å². The molecule has 0 spiro atoms. The van der Waals surface area contributed by atoms with E-state index in [0.29, 0.717) is 0 Å². The van der Waals surface area contributed by atoms with Gasteiger partial charge in [0.25, 0.3) is 0 Å². The van der Waals surface area contributed by atoms with E-state index in [1.54, 1.807) is 0 Å². The fraction of sp³-hybridized carbons (Fsp3) is 0.562. The maximum atomic E-state index is 11.3. The lowest BCUT2D eigenvalue weighted by Gasteiger charge is -2.38. The second kappa shape index (κ2) is 6.37. The molecule has 0 radical (unpaired) electrons. The second-order valence-electron chi connectivity index (χ2n) is 5.76. The molecule has 1 fully saturated rings. The van der Waals surface area contributed by atoms with Crippen LogP contribution in [0.15, 0.2) is 18.2 Å². The number of hydrogen-bond acceptors (Lipinski definition) is 3. The summed E-state index contributed by atoms with van der Waals surface area (Å²) >= 11 is 0. The van der Waals surface area contributed by atoms with Gasteiger partial charge in [-0.3, -0.25) is 9.69 Å². The number of carboxylic acid groups (broad SMARTS) is 1. The molecule has 0 bridgehead atoms. The van der Waals surface area contributed by atoms with Gasteiger partial charge in [-0.1, -0.05) is 18.2 Å². The fourth-order valence-corrected chi connectivity index (χ4v) is 3.07. The van der Waals surface area contributed by atoms with Crippen molar-refractivity contribution in [1.82, 2.24) is 9.80 Å². The van der Waals surface area contributed by atoms with E-state index in [0.717, 1.165) is 26.2 Å². The van der Waals surface area contributed by atoms with Gasteiger partial charge in [-0.25, -0.2) is 0 Å². The molecule has 1 aromatic carbocycles. The van der Waals surface area contributed by atoms with Crippen LogP contribution >= 0.6 is 0 Å². The Hall–Kier alpha value is -1.39. The maximum absolute atomic E-state index is 11.3. The molecule has 1 saturated heterocycles. The standard InChI is InChI=1S/C16H24N2O2/c1-12-5-4-6-13(2)16(12)14(11-15(19)20)18-9-7-17(3)8-10-18/h4-6,14H,7-11H2,1-3H3,(H,19,20). The van der Waals surface area contributed by atoms with E-state index in [1.807, 2.05) is 6.07 Å². The Bertz CT molecular complexity index is 459. The predicted molar refractivity (Wildman–Crippen MR) is 80.0 cm³/mol. The Balaban J connectivity index is 2.30. The number of piperazine rings is 1. The van der Waals surface area contributed by atoms with E-state index >= 15 is 0 Å². The molecule has 0 saturated carbocycles. The van der Waals surface area contributed by atoms with Crippen LogP contribution < -0.4 is 0 Å². The predicted octanol–water partition coefficient (Wildman–Crippen LogP) is 2.07. The highest BCUT2D eigenvalue weighted by Crippen LogP contribution is 2.30. The van der Waals surface area contributed by atoms with Gasteiger partial charge >= 0.3 is 5.97 Å². The molecule has 4 nitrogen and oxygen atoms in total. The highest BCUT2D eigenvalue weighted by atomic mass is 16.4. The van der Waals surface area contributed by atoms with Gasteiger partial charge in [-0.15, -0.1) is 0 Å². The average Bonchev–Trinajstić information content (AvgIpc) is 2.38. The van der Waals surface area contributed by atoms with E-state index in [2.05, 4.69) is 42.8 Å². The van der Waals surface area contributed by atoms with Crippen LogP contribution in [0.2, 0.25) is 0 Å². The second-order valence-corrected chi connectivity index (χ2v) is 5.76. The topological polar surface area (TPSA) is 43.8 Å². The van der Waals surface area contributed by atoms with E-state index in [1.165, 1.54) is 16.7 Å². The minimum absolute atomic E-state index is 0.0117. The van der Waals surface area contributed by atoms with Gasteiger partial charge in [0.15, 0.2) is 0 Å². The van der Waals surface area contributed by atoms with E-state index < -0.39 is 5.97 Å². The van der Waals surface area contributed by atoms with Crippen LogP contribution in [0, 0.1) is 13.8 Å². The SMILES string of the molecule is Cc1cccc(C)c1C(CC(=O)O)N1CCN(C)CC1. The summed E-state index contributed by atoms with van der Waals surface area (Å²) in [6, 6.07) is 6.18. The first kappa shape index (κ1) is 15.0. The van der Waals surface area contributed by atoms with Crippen molar-refractivity contribution in [3.8, 4) is 0 Å². The molecule has 110 valence electrons.